The van der Waals surface area contributed by atoms with Crippen molar-refractivity contribution in [1.29, 1.82) is 0 Å². The van der Waals surface area contributed by atoms with Crippen molar-refractivity contribution in [2.45, 2.75) is 64.1 Å². The maximum absolute atomic E-state index is 13.2. The van der Waals surface area contributed by atoms with Crippen molar-refractivity contribution >= 4 is 15.9 Å². The zero-order valence-corrected chi connectivity index (χ0v) is 19.4. The normalized spacial score (nSPS) is 37.3. The first-order valence-corrected chi connectivity index (χ1v) is 12.6. The number of hydrogen-bond acceptors (Lipinski definition) is 7. The molecule has 1 aliphatic heterocycles. The Kier molecular flexibility index (Phi) is 5.84. The molecule has 8 heteroatoms. The Hall–Kier alpha value is -1.32. The smallest absolute Gasteiger partial charge is 0.264 e. The lowest BCUT2D eigenvalue weighted by atomic mass is 9.47. The first-order chi connectivity index (χ1) is 14.4. The van der Waals surface area contributed by atoms with Gasteiger partial charge in [-0.1, -0.05) is 37.3 Å². The summed E-state index contributed by atoms with van der Waals surface area (Å²) >= 11 is 0. The molecule has 4 aliphatic rings. The molecule has 31 heavy (non-hydrogen) atoms. The van der Waals surface area contributed by atoms with Crippen molar-refractivity contribution in [2.75, 3.05) is 19.5 Å². The van der Waals surface area contributed by atoms with Crippen LogP contribution >= 0.6 is 0 Å². The molecular formula is C23H32O7S. The van der Waals surface area contributed by atoms with E-state index in [4.69, 9.17) is 18.4 Å². The van der Waals surface area contributed by atoms with Crippen molar-refractivity contribution in [2.24, 2.45) is 17.3 Å². The van der Waals surface area contributed by atoms with Crippen LogP contribution in [0.25, 0.3) is 0 Å². The van der Waals surface area contributed by atoms with E-state index in [2.05, 4.69) is 0 Å². The van der Waals surface area contributed by atoms with E-state index < -0.39 is 26.9 Å². The Morgan fingerprint density at radius 2 is 1.84 bits per heavy atom. The highest BCUT2D eigenvalue weighted by Gasteiger charge is 2.67. The Bertz CT molecular complexity index is 929. The highest BCUT2D eigenvalue weighted by molar-refractivity contribution is 7.86. The van der Waals surface area contributed by atoms with E-state index >= 15 is 0 Å². The Morgan fingerprint density at radius 3 is 2.42 bits per heavy atom. The van der Waals surface area contributed by atoms with Crippen LogP contribution in [-0.4, -0.2) is 51.2 Å². The number of fused-ring (bicyclic) bond motifs is 3. The molecule has 5 atom stereocenters. The topological polar surface area (TPSA) is 88.1 Å². The second kappa shape index (κ2) is 7.92. The van der Waals surface area contributed by atoms with Gasteiger partial charge in [0.1, 0.15) is 11.4 Å². The van der Waals surface area contributed by atoms with Gasteiger partial charge in [0.25, 0.3) is 10.1 Å². The molecule has 172 valence electrons. The fourth-order valence-electron chi connectivity index (χ4n) is 5.74. The highest BCUT2D eigenvalue weighted by Crippen LogP contribution is 2.60. The standard InChI is InChI=1S/C23H32O7S/c1-21(2)28-15-18(29-21)20-17(14-27-13-16-8-6-5-7-9-16)23(30-31(4,25)26)11-10-22(20,3)19(24)12-23/h5-9,17-18,20H,10-15H2,1-4H3/t17-,18+,20+,22+,23+/m1/s1. The zero-order chi connectivity index (χ0) is 22.5. The molecule has 1 saturated heterocycles. The molecule has 0 N–H and O–H groups in total. The van der Waals surface area contributed by atoms with Crippen LogP contribution in [0.3, 0.4) is 0 Å². The van der Waals surface area contributed by atoms with Gasteiger partial charge in [-0.25, -0.2) is 0 Å². The summed E-state index contributed by atoms with van der Waals surface area (Å²) in [7, 11) is -3.77. The Labute approximate surface area is 184 Å². The molecule has 5 rings (SSSR count). The molecule has 0 amide bonds. The predicted octanol–water partition coefficient (Wildman–Crippen LogP) is 3.08. The van der Waals surface area contributed by atoms with Crippen molar-refractivity contribution in [3.8, 4) is 0 Å². The SMILES string of the molecule is CC1(C)OC[C@@H]([C@@H]2[C@@H](COCc3ccccc3)[C@]3(OS(C)(=O)=O)CC[C@@]2(C)C(=O)C3)O1. The second-order valence-corrected chi connectivity index (χ2v) is 11.4. The molecule has 1 heterocycles. The van der Waals surface area contributed by atoms with Gasteiger partial charge in [-0.05, 0) is 32.3 Å². The van der Waals surface area contributed by atoms with Crippen LogP contribution in [0.4, 0.5) is 0 Å². The Morgan fingerprint density at radius 1 is 1.13 bits per heavy atom. The minimum Gasteiger partial charge on any atom is -0.376 e. The second-order valence-electron chi connectivity index (χ2n) is 9.87. The fourth-order valence-corrected chi connectivity index (χ4v) is 6.61. The minimum atomic E-state index is -3.77. The number of carbonyl (C=O) groups is 1. The van der Waals surface area contributed by atoms with Crippen LogP contribution in [0.5, 0.6) is 0 Å². The largest absolute Gasteiger partial charge is 0.376 e. The van der Waals surface area contributed by atoms with Crippen molar-refractivity contribution in [1.82, 2.24) is 0 Å². The number of Topliss-reactive ketones (excluding diaryl/α,β-unsaturated/α-hetero) is 1. The van der Waals surface area contributed by atoms with Crippen LogP contribution in [0.1, 0.15) is 45.6 Å². The summed E-state index contributed by atoms with van der Waals surface area (Å²) < 4.78 is 48.2. The van der Waals surface area contributed by atoms with Gasteiger partial charge in [0.2, 0.25) is 0 Å². The molecule has 0 unspecified atom stereocenters. The van der Waals surface area contributed by atoms with Gasteiger partial charge < -0.3 is 14.2 Å². The van der Waals surface area contributed by atoms with E-state index in [0.717, 1.165) is 11.8 Å². The van der Waals surface area contributed by atoms with Crippen LogP contribution in [0.2, 0.25) is 0 Å². The molecular weight excluding hydrogens is 420 g/mol. The molecule has 3 saturated carbocycles. The van der Waals surface area contributed by atoms with Gasteiger partial charge in [-0.2, -0.15) is 8.42 Å². The third-order valence-electron chi connectivity index (χ3n) is 7.17. The maximum Gasteiger partial charge on any atom is 0.264 e. The molecule has 0 spiro atoms. The summed E-state index contributed by atoms with van der Waals surface area (Å²) in [6.07, 6.45) is 1.83. The van der Waals surface area contributed by atoms with Crippen molar-refractivity contribution in [3.63, 3.8) is 0 Å². The molecule has 1 aromatic carbocycles. The summed E-state index contributed by atoms with van der Waals surface area (Å²) in [6, 6.07) is 9.80. The minimum absolute atomic E-state index is 0.0278. The average molecular weight is 453 g/mol. The van der Waals surface area contributed by atoms with Crippen LogP contribution < -0.4 is 0 Å². The number of ether oxygens (including phenoxy) is 3. The number of hydrogen-bond donors (Lipinski definition) is 0. The fraction of sp³-hybridized carbons (Fsp3) is 0.696. The molecule has 4 fully saturated rings. The van der Waals surface area contributed by atoms with E-state index in [0.29, 0.717) is 26.1 Å². The van der Waals surface area contributed by atoms with E-state index in [-0.39, 0.29) is 36.8 Å². The van der Waals surface area contributed by atoms with Gasteiger partial charge in [0.15, 0.2) is 5.79 Å². The van der Waals surface area contributed by atoms with E-state index in [1.165, 1.54) is 0 Å². The molecule has 0 radical (unpaired) electrons. The number of rotatable bonds is 7. The van der Waals surface area contributed by atoms with Gasteiger partial charge in [0, 0.05) is 23.7 Å². The van der Waals surface area contributed by atoms with Crippen LogP contribution in [0.15, 0.2) is 30.3 Å². The number of carbonyl (C=O) groups excluding carboxylic acids is 1. The molecule has 0 aromatic heterocycles. The maximum atomic E-state index is 13.2. The zero-order valence-electron chi connectivity index (χ0n) is 18.6. The lowest BCUT2D eigenvalue weighted by Gasteiger charge is -2.60. The summed E-state index contributed by atoms with van der Waals surface area (Å²) in [5, 5.41) is 0. The summed E-state index contributed by atoms with van der Waals surface area (Å²) in [4.78, 5) is 13.2. The first-order valence-electron chi connectivity index (χ1n) is 10.8. The lowest BCUT2D eigenvalue weighted by Crippen LogP contribution is -2.67. The summed E-state index contributed by atoms with van der Waals surface area (Å²) in [5.41, 5.74) is -0.709. The van der Waals surface area contributed by atoms with Gasteiger partial charge in [-0.15, -0.1) is 0 Å². The first kappa shape index (κ1) is 22.9. The third kappa shape index (κ3) is 4.46. The highest BCUT2D eigenvalue weighted by atomic mass is 32.2. The van der Waals surface area contributed by atoms with Gasteiger partial charge >= 0.3 is 0 Å². The quantitative estimate of drug-likeness (QED) is 0.588. The molecule has 1 aromatic rings. The van der Waals surface area contributed by atoms with Crippen molar-refractivity contribution in [3.05, 3.63) is 35.9 Å². The molecule has 3 aliphatic carbocycles. The molecule has 7 nitrogen and oxygen atoms in total. The van der Waals surface area contributed by atoms with Crippen molar-refractivity contribution < 1.29 is 31.6 Å². The number of benzene rings is 1. The molecule has 2 bridgehead atoms. The lowest BCUT2D eigenvalue weighted by molar-refractivity contribution is -0.212. The van der Waals surface area contributed by atoms with Gasteiger partial charge in [-0.3, -0.25) is 8.98 Å². The monoisotopic (exact) mass is 452 g/mol. The van der Waals surface area contributed by atoms with Gasteiger partial charge in [0.05, 0.1) is 32.2 Å². The summed E-state index contributed by atoms with van der Waals surface area (Å²) in [5.74, 6) is -1.30. The predicted molar refractivity (Wildman–Crippen MR) is 114 cm³/mol. The third-order valence-corrected chi connectivity index (χ3v) is 7.80. The van der Waals surface area contributed by atoms with E-state index in [9.17, 15) is 13.2 Å². The number of ketones is 1. The Balaban J connectivity index is 1.66. The average Bonchev–Trinajstić information content (AvgIpc) is 3.02. The van der Waals surface area contributed by atoms with E-state index in [1.807, 2.05) is 51.1 Å². The van der Waals surface area contributed by atoms with Crippen LogP contribution in [-0.2, 0) is 39.9 Å². The summed E-state index contributed by atoms with van der Waals surface area (Å²) in [6.45, 7) is 6.70. The van der Waals surface area contributed by atoms with Crippen LogP contribution in [0, 0.1) is 17.3 Å². The van der Waals surface area contributed by atoms with E-state index in [1.54, 1.807) is 0 Å².